The van der Waals surface area contributed by atoms with Gasteiger partial charge in [0.15, 0.2) is 0 Å². The lowest BCUT2D eigenvalue weighted by molar-refractivity contribution is 0.504. The van der Waals surface area contributed by atoms with Crippen molar-refractivity contribution in [2.24, 2.45) is 11.3 Å². The molecule has 4 aromatic rings. The van der Waals surface area contributed by atoms with Gasteiger partial charge < -0.3 is 0 Å². The minimum absolute atomic E-state index is 0.122. The lowest BCUT2D eigenvalue weighted by Gasteiger charge is -2.19. The van der Waals surface area contributed by atoms with Crippen molar-refractivity contribution in [2.75, 3.05) is 0 Å². The van der Waals surface area contributed by atoms with Gasteiger partial charge in [-0.2, -0.15) is 0 Å². The molecule has 2 nitrogen and oxygen atoms in total. The predicted octanol–water partition coefficient (Wildman–Crippen LogP) is 11.4. The van der Waals surface area contributed by atoms with Crippen LogP contribution in [0.2, 0.25) is 0 Å². The molecule has 1 heterocycles. The molecule has 0 N–H and O–H groups in total. The molecule has 3 aromatic carbocycles. The van der Waals surface area contributed by atoms with E-state index in [4.69, 9.17) is 9.97 Å². The molecule has 210 valence electrons. The largest absolute Gasteiger partial charge is 0.243 e. The zero-order valence-electron chi connectivity index (χ0n) is 26.2. The van der Waals surface area contributed by atoms with Crippen molar-refractivity contribution in [3.05, 3.63) is 119 Å². The van der Waals surface area contributed by atoms with Gasteiger partial charge in [0.2, 0.25) is 0 Å². The molecule has 41 heavy (non-hydrogen) atoms. The Morgan fingerprint density at radius 2 is 1.00 bits per heavy atom. The van der Waals surface area contributed by atoms with Crippen LogP contribution in [0, 0.1) is 11.3 Å². The van der Waals surface area contributed by atoms with E-state index in [1.54, 1.807) is 0 Å². The van der Waals surface area contributed by atoms with E-state index in [1.165, 1.54) is 22.3 Å². The minimum atomic E-state index is 0.122. The Morgan fingerprint density at radius 1 is 0.585 bits per heavy atom. The number of hydrogen-bond donors (Lipinski definition) is 0. The highest BCUT2D eigenvalue weighted by molar-refractivity contribution is 5.98. The van der Waals surface area contributed by atoms with Gasteiger partial charge in [-0.3, -0.25) is 0 Å². The Balaban J connectivity index is 2.06. The number of nitrogens with zero attached hydrogens (tertiary/aromatic N) is 2. The molecule has 0 saturated carbocycles. The van der Waals surface area contributed by atoms with Crippen LogP contribution in [0.3, 0.4) is 0 Å². The molecule has 0 fully saturated rings. The van der Waals surface area contributed by atoms with Crippen LogP contribution in [0.5, 0.6) is 0 Å². The van der Waals surface area contributed by atoms with Crippen LogP contribution >= 0.6 is 0 Å². The first-order chi connectivity index (χ1) is 19.5. The van der Waals surface area contributed by atoms with Gasteiger partial charge in [0.1, 0.15) is 0 Å². The summed E-state index contributed by atoms with van der Waals surface area (Å²) in [4.78, 5) is 10.8. The highest BCUT2D eigenvalue weighted by Crippen LogP contribution is 2.36. The van der Waals surface area contributed by atoms with Gasteiger partial charge in [0, 0.05) is 22.3 Å². The Hall–Kier alpha value is -4.04. The monoisotopic (exact) mass is 540 g/mol. The molecule has 0 spiro atoms. The van der Waals surface area contributed by atoms with Gasteiger partial charge in [0.25, 0.3) is 0 Å². The molecule has 0 aliphatic carbocycles. The quantitative estimate of drug-likeness (QED) is 0.218. The van der Waals surface area contributed by atoms with Gasteiger partial charge in [-0.15, -0.1) is 0 Å². The standard InChI is InChI=1S/C39H44N2/c1-26(2)27(3)20-21-28(4)33-24-25-34(29(5)22-23-30(6)39(7,8)9)38-37(33)40-35(31-16-12-10-13-17-31)36(41-38)32-18-14-11-15-19-32/h10-26H,1-9H3/b27-20+,28-21+,29-22+,30-23+. The second kappa shape index (κ2) is 12.6. The summed E-state index contributed by atoms with van der Waals surface area (Å²) in [6.45, 7) is 19.9. The average Bonchev–Trinajstić information content (AvgIpc) is 2.97. The maximum atomic E-state index is 5.42. The Morgan fingerprint density at radius 3 is 1.39 bits per heavy atom. The van der Waals surface area contributed by atoms with Crippen LogP contribution in [0.25, 0.3) is 44.7 Å². The fourth-order valence-electron chi connectivity index (χ4n) is 4.49. The highest BCUT2D eigenvalue weighted by Gasteiger charge is 2.18. The second-order valence-corrected chi connectivity index (χ2v) is 12.4. The summed E-state index contributed by atoms with van der Waals surface area (Å²) in [7, 11) is 0. The Kier molecular flexibility index (Phi) is 9.23. The number of benzene rings is 3. The molecule has 0 amide bonds. The summed E-state index contributed by atoms with van der Waals surface area (Å²) in [5.41, 5.74) is 13.1. The summed E-state index contributed by atoms with van der Waals surface area (Å²) >= 11 is 0. The first kappa shape index (κ1) is 29.9. The van der Waals surface area contributed by atoms with E-state index < -0.39 is 0 Å². The van der Waals surface area contributed by atoms with Gasteiger partial charge in [-0.25, -0.2) is 9.97 Å². The number of hydrogen-bond acceptors (Lipinski definition) is 2. The van der Waals surface area contributed by atoms with Crippen LogP contribution < -0.4 is 0 Å². The Bertz CT molecular complexity index is 1640. The van der Waals surface area contributed by atoms with E-state index in [0.29, 0.717) is 5.92 Å². The van der Waals surface area contributed by atoms with E-state index in [0.717, 1.165) is 44.7 Å². The maximum Gasteiger partial charge on any atom is 0.0976 e. The molecule has 0 unspecified atom stereocenters. The molecule has 0 atom stereocenters. The molecule has 0 aliphatic heterocycles. The van der Waals surface area contributed by atoms with E-state index in [2.05, 4.69) is 147 Å². The van der Waals surface area contributed by atoms with Crippen LogP contribution in [0.15, 0.2) is 108 Å². The third-order valence-corrected chi connectivity index (χ3v) is 8.04. The van der Waals surface area contributed by atoms with E-state index in [9.17, 15) is 0 Å². The summed E-state index contributed by atoms with van der Waals surface area (Å²) in [5, 5.41) is 0. The average molecular weight is 541 g/mol. The van der Waals surface area contributed by atoms with Gasteiger partial charge in [-0.1, -0.05) is 143 Å². The van der Waals surface area contributed by atoms with Gasteiger partial charge >= 0.3 is 0 Å². The zero-order chi connectivity index (χ0) is 29.7. The van der Waals surface area contributed by atoms with Crippen molar-refractivity contribution in [1.29, 1.82) is 0 Å². The molecule has 0 radical (unpaired) electrons. The first-order valence-corrected chi connectivity index (χ1v) is 14.6. The molecule has 4 rings (SSSR count). The van der Waals surface area contributed by atoms with Crippen molar-refractivity contribution in [2.45, 2.75) is 62.3 Å². The van der Waals surface area contributed by atoms with Gasteiger partial charge in [-0.05, 0) is 50.2 Å². The molecule has 1 aromatic heterocycles. The molecule has 0 bridgehead atoms. The van der Waals surface area contributed by atoms with Crippen LogP contribution in [-0.4, -0.2) is 9.97 Å². The molecule has 2 heteroatoms. The van der Waals surface area contributed by atoms with Crippen LogP contribution in [-0.2, 0) is 0 Å². The summed E-state index contributed by atoms with van der Waals surface area (Å²) < 4.78 is 0. The number of fused-ring (bicyclic) bond motifs is 1. The maximum absolute atomic E-state index is 5.42. The minimum Gasteiger partial charge on any atom is -0.243 e. The SMILES string of the molecule is C/C(=C\C=C(/C)C(C)C)c1ccc(/C(C)=C/C=C(\C)C(C)(C)C)c2nc(-c3ccccc3)c(-c3ccccc3)nc12. The smallest absolute Gasteiger partial charge is 0.0976 e. The fraction of sp³-hybridized carbons (Fsp3) is 0.282. The third-order valence-electron chi connectivity index (χ3n) is 8.04. The number of allylic oxidation sites excluding steroid dienone is 8. The Labute approximate surface area is 247 Å². The summed E-state index contributed by atoms with van der Waals surface area (Å²) in [6.07, 6.45) is 8.91. The van der Waals surface area contributed by atoms with E-state index >= 15 is 0 Å². The van der Waals surface area contributed by atoms with Crippen molar-refractivity contribution < 1.29 is 0 Å². The lowest BCUT2D eigenvalue weighted by Crippen LogP contribution is -2.05. The van der Waals surface area contributed by atoms with Crippen molar-refractivity contribution in [1.82, 2.24) is 9.97 Å². The first-order valence-electron chi connectivity index (χ1n) is 14.6. The van der Waals surface area contributed by atoms with E-state index in [-0.39, 0.29) is 5.41 Å². The lowest BCUT2D eigenvalue weighted by atomic mass is 9.87. The van der Waals surface area contributed by atoms with Crippen LogP contribution in [0.4, 0.5) is 0 Å². The van der Waals surface area contributed by atoms with Gasteiger partial charge in [0.05, 0.1) is 22.4 Å². The number of aromatic nitrogens is 2. The number of rotatable bonds is 7. The predicted molar refractivity (Wildman–Crippen MR) is 180 cm³/mol. The van der Waals surface area contributed by atoms with Crippen molar-refractivity contribution in [3.63, 3.8) is 0 Å². The summed E-state index contributed by atoms with van der Waals surface area (Å²) in [6, 6.07) is 25.2. The molecular formula is C39H44N2. The molecule has 0 aliphatic rings. The van der Waals surface area contributed by atoms with Crippen molar-refractivity contribution in [3.8, 4) is 22.5 Å². The van der Waals surface area contributed by atoms with E-state index in [1.807, 2.05) is 12.1 Å². The summed E-state index contributed by atoms with van der Waals surface area (Å²) in [5.74, 6) is 0.508. The highest BCUT2D eigenvalue weighted by atomic mass is 14.8. The zero-order valence-corrected chi connectivity index (χ0v) is 26.2. The fourth-order valence-corrected chi connectivity index (χ4v) is 4.49. The molecular weight excluding hydrogens is 496 g/mol. The topological polar surface area (TPSA) is 25.8 Å². The normalized spacial score (nSPS) is 13.8. The van der Waals surface area contributed by atoms with Crippen LogP contribution in [0.1, 0.15) is 73.4 Å². The third kappa shape index (κ3) is 7.00. The van der Waals surface area contributed by atoms with Crippen molar-refractivity contribution >= 4 is 22.2 Å². The second-order valence-electron chi connectivity index (χ2n) is 12.4. The molecule has 0 saturated heterocycles.